The van der Waals surface area contributed by atoms with E-state index in [-0.39, 0.29) is 0 Å². The minimum atomic E-state index is 1.25. The number of aryl methyl sites for hydroxylation is 1. The Labute approximate surface area is 159 Å². The monoisotopic (exact) mass is 344 g/mol. The molecule has 0 bridgehead atoms. The summed E-state index contributed by atoms with van der Waals surface area (Å²) in [5.74, 6) is 0. The molecule has 0 aliphatic rings. The summed E-state index contributed by atoms with van der Waals surface area (Å²) in [5.41, 5.74) is 6.44. The minimum absolute atomic E-state index is 1.25. The lowest BCUT2D eigenvalue weighted by molar-refractivity contribution is 1.57. The van der Waals surface area contributed by atoms with Gasteiger partial charge in [0.05, 0.1) is 0 Å². The van der Waals surface area contributed by atoms with Gasteiger partial charge in [0, 0.05) is 0 Å². The van der Waals surface area contributed by atoms with Crippen LogP contribution in [0.25, 0.3) is 43.8 Å². The van der Waals surface area contributed by atoms with Gasteiger partial charge in [0.15, 0.2) is 0 Å². The van der Waals surface area contributed by atoms with E-state index in [1.54, 1.807) is 0 Å². The molecule has 0 aromatic heterocycles. The molecule has 0 fully saturated rings. The Bertz CT molecular complexity index is 1210. The molecule has 0 saturated heterocycles. The summed E-state index contributed by atoms with van der Waals surface area (Å²) in [6.07, 6.45) is 0. The molecular weight excluding hydrogens is 324 g/mol. The van der Waals surface area contributed by atoms with Crippen LogP contribution in [0.1, 0.15) is 5.56 Å². The molecule has 128 valence electrons. The Morgan fingerprint density at radius 2 is 0.889 bits per heavy atom. The van der Waals surface area contributed by atoms with E-state index in [4.69, 9.17) is 0 Å². The third kappa shape index (κ3) is 2.62. The van der Waals surface area contributed by atoms with Gasteiger partial charge in [-0.05, 0) is 62.4 Å². The Balaban J connectivity index is 1.86. The maximum atomic E-state index is 2.32. The molecular formula is C27H20. The van der Waals surface area contributed by atoms with Crippen LogP contribution in [-0.4, -0.2) is 0 Å². The molecule has 0 spiro atoms. The van der Waals surface area contributed by atoms with E-state index < -0.39 is 0 Å². The van der Waals surface area contributed by atoms with Gasteiger partial charge >= 0.3 is 0 Å². The van der Waals surface area contributed by atoms with Crippen LogP contribution in [0.4, 0.5) is 0 Å². The van der Waals surface area contributed by atoms with E-state index in [1.807, 2.05) is 0 Å². The second-order valence-corrected chi connectivity index (χ2v) is 7.04. The number of hydrogen-bond donors (Lipinski definition) is 0. The third-order valence-electron chi connectivity index (χ3n) is 5.46. The lowest BCUT2D eigenvalue weighted by Gasteiger charge is -2.16. The minimum Gasteiger partial charge on any atom is -0.0622 e. The maximum absolute atomic E-state index is 2.32. The first-order valence-corrected chi connectivity index (χ1v) is 9.39. The number of fused-ring (bicyclic) bond motifs is 2. The van der Waals surface area contributed by atoms with Gasteiger partial charge in [0.2, 0.25) is 0 Å². The first-order chi connectivity index (χ1) is 13.3. The third-order valence-corrected chi connectivity index (χ3v) is 5.46. The first kappa shape index (κ1) is 15.8. The number of benzene rings is 5. The van der Waals surface area contributed by atoms with Gasteiger partial charge in [-0.1, -0.05) is 97.1 Å². The quantitative estimate of drug-likeness (QED) is 0.289. The van der Waals surface area contributed by atoms with Crippen LogP contribution in [0.2, 0.25) is 0 Å². The van der Waals surface area contributed by atoms with Crippen molar-refractivity contribution in [3.8, 4) is 22.3 Å². The molecule has 0 amide bonds. The predicted octanol–water partition coefficient (Wildman–Crippen LogP) is 7.64. The maximum Gasteiger partial charge on any atom is -0.00264 e. The van der Waals surface area contributed by atoms with Gasteiger partial charge in [0.1, 0.15) is 0 Å². The van der Waals surface area contributed by atoms with Crippen molar-refractivity contribution in [3.63, 3.8) is 0 Å². The molecule has 5 aromatic rings. The standard InChI is InChI=1S/C27H20/c1-19-23-14-5-7-16-25(23)27(26-17-8-6-15-24(19)26)22-13-9-12-21(18-22)20-10-3-2-4-11-20/h2-18H,1H3. The van der Waals surface area contributed by atoms with Gasteiger partial charge < -0.3 is 0 Å². The Hall–Kier alpha value is -3.38. The van der Waals surface area contributed by atoms with Crippen LogP contribution in [0.15, 0.2) is 103 Å². The van der Waals surface area contributed by atoms with Crippen LogP contribution in [0, 0.1) is 6.92 Å². The van der Waals surface area contributed by atoms with Crippen molar-refractivity contribution in [1.29, 1.82) is 0 Å². The van der Waals surface area contributed by atoms with Crippen molar-refractivity contribution in [3.05, 3.63) is 109 Å². The molecule has 0 N–H and O–H groups in total. The fourth-order valence-corrected chi connectivity index (χ4v) is 4.14. The topological polar surface area (TPSA) is 0 Å². The van der Waals surface area contributed by atoms with Crippen LogP contribution < -0.4 is 0 Å². The zero-order valence-corrected chi connectivity index (χ0v) is 15.3. The van der Waals surface area contributed by atoms with Gasteiger partial charge in [-0.2, -0.15) is 0 Å². The summed E-state index contributed by atoms with van der Waals surface area (Å²) >= 11 is 0. The highest BCUT2D eigenvalue weighted by Gasteiger charge is 2.13. The van der Waals surface area contributed by atoms with E-state index >= 15 is 0 Å². The van der Waals surface area contributed by atoms with E-state index in [0.29, 0.717) is 0 Å². The largest absolute Gasteiger partial charge is 0.0622 e. The lowest BCUT2D eigenvalue weighted by Crippen LogP contribution is -1.89. The van der Waals surface area contributed by atoms with Crippen LogP contribution in [0.3, 0.4) is 0 Å². The number of rotatable bonds is 2. The Morgan fingerprint density at radius 3 is 1.52 bits per heavy atom. The molecule has 0 aliphatic carbocycles. The van der Waals surface area contributed by atoms with Gasteiger partial charge in [0.25, 0.3) is 0 Å². The predicted molar refractivity (Wildman–Crippen MR) is 117 cm³/mol. The summed E-state index contributed by atoms with van der Waals surface area (Å²) in [6, 6.07) is 37.0. The molecule has 0 atom stereocenters. The zero-order valence-electron chi connectivity index (χ0n) is 15.3. The molecule has 5 aromatic carbocycles. The summed E-state index contributed by atoms with van der Waals surface area (Å²) < 4.78 is 0. The summed E-state index contributed by atoms with van der Waals surface area (Å²) in [6.45, 7) is 2.23. The van der Waals surface area contributed by atoms with Crippen LogP contribution in [-0.2, 0) is 0 Å². The summed E-state index contributed by atoms with van der Waals surface area (Å²) in [5, 5.41) is 5.30. The lowest BCUT2D eigenvalue weighted by atomic mass is 9.88. The summed E-state index contributed by atoms with van der Waals surface area (Å²) in [7, 11) is 0. The molecule has 0 saturated carbocycles. The van der Waals surface area contributed by atoms with E-state index in [9.17, 15) is 0 Å². The van der Waals surface area contributed by atoms with Gasteiger partial charge in [-0.15, -0.1) is 0 Å². The Morgan fingerprint density at radius 1 is 0.407 bits per heavy atom. The Kier molecular flexibility index (Phi) is 3.76. The molecule has 27 heavy (non-hydrogen) atoms. The van der Waals surface area contributed by atoms with Gasteiger partial charge in [-0.3, -0.25) is 0 Å². The summed E-state index contributed by atoms with van der Waals surface area (Å²) in [4.78, 5) is 0. The van der Waals surface area contributed by atoms with Crippen LogP contribution >= 0.6 is 0 Å². The molecule has 0 unspecified atom stereocenters. The molecule has 0 heteroatoms. The first-order valence-electron chi connectivity index (χ1n) is 9.39. The van der Waals surface area contributed by atoms with Gasteiger partial charge in [-0.25, -0.2) is 0 Å². The normalized spacial score (nSPS) is 11.1. The smallest absolute Gasteiger partial charge is 0.00264 e. The molecule has 5 rings (SSSR count). The fraction of sp³-hybridized carbons (Fsp3) is 0.0370. The highest BCUT2D eigenvalue weighted by molar-refractivity contribution is 6.15. The van der Waals surface area contributed by atoms with Crippen molar-refractivity contribution in [1.82, 2.24) is 0 Å². The molecule has 0 aliphatic heterocycles. The van der Waals surface area contributed by atoms with Crippen molar-refractivity contribution in [2.45, 2.75) is 6.92 Å². The van der Waals surface area contributed by atoms with Crippen molar-refractivity contribution >= 4 is 21.5 Å². The SMILES string of the molecule is Cc1c2ccccc2c(-c2cccc(-c3ccccc3)c2)c2ccccc12. The fourth-order valence-electron chi connectivity index (χ4n) is 4.14. The average Bonchev–Trinajstić information content (AvgIpc) is 2.75. The molecule has 0 radical (unpaired) electrons. The van der Waals surface area contributed by atoms with E-state index in [2.05, 4.69) is 110 Å². The zero-order chi connectivity index (χ0) is 18.2. The highest BCUT2D eigenvalue weighted by atomic mass is 14.2. The van der Waals surface area contributed by atoms with Crippen molar-refractivity contribution < 1.29 is 0 Å². The van der Waals surface area contributed by atoms with E-state index in [1.165, 1.54) is 49.4 Å². The molecule has 0 nitrogen and oxygen atoms in total. The second-order valence-electron chi connectivity index (χ2n) is 7.04. The highest BCUT2D eigenvalue weighted by Crippen LogP contribution is 2.39. The van der Waals surface area contributed by atoms with Crippen molar-refractivity contribution in [2.24, 2.45) is 0 Å². The second kappa shape index (κ2) is 6.41. The van der Waals surface area contributed by atoms with Crippen molar-refractivity contribution in [2.75, 3.05) is 0 Å². The van der Waals surface area contributed by atoms with Crippen LogP contribution in [0.5, 0.6) is 0 Å². The number of hydrogen-bond acceptors (Lipinski definition) is 0. The average molecular weight is 344 g/mol. The molecule has 0 heterocycles. The van der Waals surface area contributed by atoms with E-state index in [0.717, 1.165) is 0 Å².